The Morgan fingerprint density at radius 1 is 0.409 bits per heavy atom. The summed E-state index contributed by atoms with van der Waals surface area (Å²) >= 11 is 3.29. The topological polar surface area (TPSA) is 317 Å². The van der Waals surface area contributed by atoms with Gasteiger partial charge in [0.25, 0.3) is 5.91 Å². The summed E-state index contributed by atoms with van der Waals surface area (Å²) in [5.41, 5.74) is -7.50. The monoisotopic (exact) mass is 994 g/mol. The molecule has 0 fully saturated rings. The molecule has 0 saturated heterocycles. The summed E-state index contributed by atoms with van der Waals surface area (Å²) in [5, 5.41) is 25.0. The number of benzene rings is 1. The van der Waals surface area contributed by atoms with Crippen LogP contribution in [0.3, 0.4) is 0 Å². The molecule has 0 saturated carbocycles. The van der Waals surface area contributed by atoms with E-state index in [1.807, 2.05) is 0 Å². The van der Waals surface area contributed by atoms with E-state index in [1.165, 1.54) is 104 Å². The summed E-state index contributed by atoms with van der Waals surface area (Å²) in [6.07, 6.45) is 0. The van der Waals surface area contributed by atoms with Gasteiger partial charge in [-0.3, -0.25) is 47.9 Å². The van der Waals surface area contributed by atoms with Crippen LogP contribution in [-0.2, 0) is 52.7 Å². The Kier molecular flexibility index (Phi) is 20.0. The quantitative estimate of drug-likeness (QED) is 0.0680. The number of hydrogen-bond donors (Lipinski definition) is 10. The second-order valence-corrected chi connectivity index (χ2v) is 19.5. The minimum atomic E-state index is -1.65. The first kappa shape index (κ1) is 57.9. The van der Waals surface area contributed by atoms with Gasteiger partial charge >= 0.3 is 5.97 Å². The van der Waals surface area contributed by atoms with Crippen molar-refractivity contribution in [3.63, 3.8) is 0 Å². The van der Waals surface area contributed by atoms with Crippen molar-refractivity contribution < 1.29 is 57.5 Å². The average Bonchev–Trinajstić information content (AvgIpc) is 3.19. The molecule has 0 aliphatic rings. The van der Waals surface area contributed by atoms with Gasteiger partial charge in [0.2, 0.25) is 53.2 Å². The van der Waals surface area contributed by atoms with Gasteiger partial charge in [-0.25, -0.2) is 4.79 Å². The highest BCUT2D eigenvalue weighted by Crippen LogP contribution is 2.14. The van der Waals surface area contributed by atoms with E-state index in [0.717, 1.165) is 11.6 Å². The maximum atomic E-state index is 13.3. The van der Waals surface area contributed by atoms with Crippen LogP contribution in [0, 0.1) is 0 Å². The largest absolute Gasteiger partial charge is 0.467 e. The van der Waals surface area contributed by atoms with Crippen LogP contribution in [0.2, 0.25) is 0 Å². The van der Waals surface area contributed by atoms with E-state index < -0.39 is 123 Å². The zero-order valence-electron chi connectivity index (χ0n) is 40.5. The van der Waals surface area contributed by atoms with E-state index >= 15 is 0 Å². The molecule has 0 radical (unpaired) electrons. The normalized spacial score (nSPS) is 14.2. The lowest BCUT2D eigenvalue weighted by Crippen LogP contribution is -2.65. The SMILES string of the molecule is COC(=O)[C@H](C)NC(=O)C(C)(C)NC(=O)[C@H](C)NC(=O)C(C)(C)NC(=O)[C@H](C)NC(=O)C(C)(C)NC(=O)[C@H](C)NC(=O)C(C)(C)NC(=O)[C@H](C)NC(=O)C(C)(C)NC(=O)c1ccc(Br)cc1. The summed E-state index contributed by atoms with van der Waals surface area (Å²) in [4.78, 5) is 142. The van der Waals surface area contributed by atoms with Crippen LogP contribution in [-0.4, -0.2) is 130 Å². The second kappa shape index (κ2) is 22.9. The first-order chi connectivity index (χ1) is 29.9. The van der Waals surface area contributed by atoms with E-state index in [9.17, 15) is 52.7 Å². The molecule has 10 amide bonds. The third-order valence-corrected chi connectivity index (χ3v) is 10.5. The lowest BCUT2D eigenvalue weighted by atomic mass is 10.0. The Labute approximate surface area is 393 Å². The minimum absolute atomic E-state index is 0.313. The van der Waals surface area contributed by atoms with Crippen molar-refractivity contribution in [3.05, 3.63) is 34.3 Å². The van der Waals surface area contributed by atoms with Crippen LogP contribution in [0.5, 0.6) is 0 Å². The molecule has 0 aliphatic heterocycles. The predicted octanol–water partition coefficient (Wildman–Crippen LogP) is -0.767. The van der Waals surface area contributed by atoms with Crippen LogP contribution in [0.1, 0.15) is 114 Å². The molecule has 0 spiro atoms. The number of carbonyl (C=O) groups is 11. The van der Waals surface area contributed by atoms with Crippen molar-refractivity contribution in [3.8, 4) is 0 Å². The van der Waals surface area contributed by atoms with Crippen molar-refractivity contribution in [2.24, 2.45) is 0 Å². The molecule has 22 nitrogen and oxygen atoms in total. The van der Waals surface area contributed by atoms with Crippen molar-refractivity contribution in [1.82, 2.24) is 53.2 Å². The number of rotatable bonds is 21. The van der Waals surface area contributed by atoms with Gasteiger partial charge < -0.3 is 57.9 Å². The summed E-state index contributed by atoms with van der Waals surface area (Å²) in [6, 6.07) is 0.661. The van der Waals surface area contributed by atoms with Gasteiger partial charge in [-0.1, -0.05) is 15.9 Å². The molecule has 368 valence electrons. The highest BCUT2D eigenvalue weighted by Gasteiger charge is 2.40. The van der Waals surface area contributed by atoms with Gasteiger partial charge in [0.05, 0.1) is 7.11 Å². The van der Waals surface area contributed by atoms with Crippen LogP contribution in [0.25, 0.3) is 0 Å². The standard InChI is InChI=1S/C43H67BrN10O12/c1-21(29(56)51-40(8,9)36(63)47-23(3)31(58)53-42(12,13)38(65)49-25(5)33(60)66-16)45-34(61)39(6,7)50-28(55)22(2)46-35(62)41(10,11)52-30(57)24(4)48-37(64)43(14,15)54-32(59)26-17-19-27(44)20-18-26/h17-25H,1-16H3,(H,45,61)(H,46,62)(H,47,63)(H,48,64)(H,49,65)(H,50,55)(H,51,56)(H,52,57)(H,53,58)(H,54,59)/t21-,22-,23-,24-,25-/m0/s1. The Balaban J connectivity index is 2.77. The zero-order valence-corrected chi connectivity index (χ0v) is 42.1. The molecule has 5 atom stereocenters. The van der Waals surface area contributed by atoms with Crippen molar-refractivity contribution in [1.29, 1.82) is 0 Å². The van der Waals surface area contributed by atoms with Gasteiger partial charge in [-0.05, 0) is 128 Å². The minimum Gasteiger partial charge on any atom is -0.467 e. The summed E-state index contributed by atoms with van der Waals surface area (Å²) in [6.45, 7) is 20.7. The third-order valence-electron chi connectivity index (χ3n) is 9.98. The molecule has 0 aromatic heterocycles. The van der Waals surface area contributed by atoms with E-state index in [1.54, 1.807) is 24.3 Å². The molecule has 0 unspecified atom stereocenters. The lowest BCUT2D eigenvalue weighted by Gasteiger charge is -2.32. The highest BCUT2D eigenvalue weighted by molar-refractivity contribution is 9.10. The molecule has 1 aromatic rings. The Hall–Kier alpha value is -6.13. The Bertz CT molecular complexity index is 2050. The first-order valence-corrected chi connectivity index (χ1v) is 21.7. The fourth-order valence-corrected chi connectivity index (χ4v) is 5.55. The fourth-order valence-electron chi connectivity index (χ4n) is 5.29. The van der Waals surface area contributed by atoms with Gasteiger partial charge in [-0.15, -0.1) is 0 Å². The average molecular weight is 996 g/mol. The Morgan fingerprint density at radius 3 is 0.879 bits per heavy atom. The molecule has 0 aliphatic carbocycles. The lowest BCUT2D eigenvalue weighted by molar-refractivity contribution is -0.145. The van der Waals surface area contributed by atoms with E-state index in [4.69, 9.17) is 0 Å². The van der Waals surface area contributed by atoms with Crippen molar-refractivity contribution >= 4 is 81.0 Å². The van der Waals surface area contributed by atoms with Crippen LogP contribution < -0.4 is 53.2 Å². The summed E-state index contributed by atoms with van der Waals surface area (Å²) in [5.74, 6) is -8.05. The number of ether oxygens (including phenoxy) is 1. The highest BCUT2D eigenvalue weighted by atomic mass is 79.9. The van der Waals surface area contributed by atoms with Crippen LogP contribution in [0.4, 0.5) is 0 Å². The number of esters is 1. The van der Waals surface area contributed by atoms with E-state index in [-0.39, 0.29) is 0 Å². The number of carbonyl (C=O) groups excluding carboxylic acids is 11. The van der Waals surface area contributed by atoms with E-state index in [0.29, 0.717) is 5.56 Å². The number of hydrogen-bond acceptors (Lipinski definition) is 12. The first-order valence-electron chi connectivity index (χ1n) is 20.9. The molecular formula is C43H67BrN10O12. The van der Waals surface area contributed by atoms with Gasteiger partial charge in [0.1, 0.15) is 57.9 Å². The zero-order chi connectivity index (χ0) is 51.5. The van der Waals surface area contributed by atoms with Gasteiger partial charge in [-0.2, -0.15) is 0 Å². The molecule has 23 heteroatoms. The maximum absolute atomic E-state index is 13.3. The molecular weight excluding hydrogens is 928 g/mol. The summed E-state index contributed by atoms with van der Waals surface area (Å²) in [7, 11) is 1.16. The molecule has 0 heterocycles. The molecule has 0 bridgehead atoms. The number of nitrogens with one attached hydrogen (secondary N) is 10. The third kappa shape index (κ3) is 17.0. The molecule has 66 heavy (non-hydrogen) atoms. The van der Waals surface area contributed by atoms with Crippen molar-refractivity contribution in [2.75, 3.05) is 7.11 Å². The van der Waals surface area contributed by atoms with Crippen molar-refractivity contribution in [2.45, 2.75) is 162 Å². The number of methoxy groups -OCH3 is 1. The number of amides is 10. The molecule has 1 aromatic carbocycles. The Morgan fingerprint density at radius 2 is 0.636 bits per heavy atom. The van der Waals surface area contributed by atoms with Gasteiger partial charge in [0.15, 0.2) is 0 Å². The number of halogens is 1. The maximum Gasteiger partial charge on any atom is 0.328 e. The van der Waals surface area contributed by atoms with Gasteiger partial charge in [0, 0.05) is 10.0 Å². The smallest absolute Gasteiger partial charge is 0.328 e. The molecule has 10 N–H and O–H groups in total. The molecule has 1 rings (SSSR count). The van der Waals surface area contributed by atoms with Crippen LogP contribution >= 0.6 is 15.9 Å². The fraction of sp³-hybridized carbons (Fsp3) is 0.605. The second-order valence-electron chi connectivity index (χ2n) is 18.5. The van der Waals surface area contributed by atoms with Crippen LogP contribution in [0.15, 0.2) is 28.7 Å². The van der Waals surface area contributed by atoms with E-state index in [2.05, 4.69) is 73.8 Å². The summed E-state index contributed by atoms with van der Waals surface area (Å²) < 4.78 is 5.35. The predicted molar refractivity (Wildman–Crippen MR) is 245 cm³/mol.